The third-order valence-corrected chi connectivity index (χ3v) is 6.21. The number of benzene rings is 2. The van der Waals surface area contributed by atoms with Gasteiger partial charge < -0.3 is 5.11 Å². The number of fused-ring (bicyclic) bond motifs is 1. The molecule has 0 bridgehead atoms. The SMILES string of the molecule is C=C(C)c1ccc2cccc(C3(CCC(C)(O)C(F)(F)F)CCCC3)c2c1. The zero-order chi connectivity index (χ0) is 19.9. The van der Waals surface area contributed by atoms with Crippen LogP contribution in [0.4, 0.5) is 13.2 Å². The molecule has 3 rings (SSSR count). The Morgan fingerprint density at radius 1 is 1.15 bits per heavy atom. The Morgan fingerprint density at radius 3 is 2.41 bits per heavy atom. The lowest BCUT2D eigenvalue weighted by Gasteiger charge is -2.35. The first kappa shape index (κ1) is 19.9. The van der Waals surface area contributed by atoms with Gasteiger partial charge in [0.1, 0.15) is 0 Å². The molecule has 27 heavy (non-hydrogen) atoms. The highest BCUT2D eigenvalue weighted by molar-refractivity contribution is 5.89. The summed E-state index contributed by atoms with van der Waals surface area (Å²) in [7, 11) is 0. The van der Waals surface area contributed by atoms with Crippen LogP contribution < -0.4 is 0 Å². The lowest BCUT2D eigenvalue weighted by Crippen LogP contribution is -2.43. The lowest BCUT2D eigenvalue weighted by molar-refractivity contribution is -0.256. The topological polar surface area (TPSA) is 20.2 Å². The van der Waals surface area contributed by atoms with Gasteiger partial charge in [-0.25, -0.2) is 0 Å². The predicted octanol–water partition coefficient (Wildman–Crippen LogP) is 6.78. The summed E-state index contributed by atoms with van der Waals surface area (Å²) in [4.78, 5) is 0. The van der Waals surface area contributed by atoms with E-state index in [1.54, 1.807) is 0 Å². The van der Waals surface area contributed by atoms with Crippen LogP contribution in [-0.4, -0.2) is 16.9 Å². The summed E-state index contributed by atoms with van der Waals surface area (Å²) in [5.41, 5.74) is 0.148. The van der Waals surface area contributed by atoms with E-state index in [0.717, 1.165) is 60.1 Å². The van der Waals surface area contributed by atoms with Crippen LogP contribution in [0.15, 0.2) is 43.0 Å². The summed E-state index contributed by atoms with van der Waals surface area (Å²) < 4.78 is 39.5. The predicted molar refractivity (Wildman–Crippen MR) is 105 cm³/mol. The monoisotopic (exact) mass is 376 g/mol. The van der Waals surface area contributed by atoms with E-state index >= 15 is 0 Å². The number of aliphatic hydroxyl groups is 1. The number of halogens is 3. The fourth-order valence-corrected chi connectivity index (χ4v) is 4.33. The molecule has 1 atom stereocenters. The minimum atomic E-state index is -4.61. The van der Waals surface area contributed by atoms with E-state index in [0.29, 0.717) is 6.42 Å². The zero-order valence-corrected chi connectivity index (χ0v) is 16.0. The normalized spacial score (nSPS) is 19.2. The largest absolute Gasteiger partial charge is 0.416 e. The van der Waals surface area contributed by atoms with E-state index in [-0.39, 0.29) is 11.8 Å². The molecule has 0 spiro atoms. The van der Waals surface area contributed by atoms with E-state index in [2.05, 4.69) is 24.8 Å². The molecule has 1 N–H and O–H groups in total. The molecule has 2 aromatic carbocycles. The molecule has 0 amide bonds. The summed E-state index contributed by atoms with van der Waals surface area (Å²) >= 11 is 0. The first-order chi connectivity index (χ1) is 12.6. The first-order valence-electron chi connectivity index (χ1n) is 9.54. The van der Waals surface area contributed by atoms with Gasteiger partial charge in [0.15, 0.2) is 5.60 Å². The number of hydrogen-bond donors (Lipinski definition) is 1. The van der Waals surface area contributed by atoms with Crippen molar-refractivity contribution in [1.29, 1.82) is 0 Å². The Kier molecular flexibility index (Phi) is 5.15. The molecule has 2 aromatic rings. The summed E-state index contributed by atoms with van der Waals surface area (Å²) in [6.45, 7) is 6.86. The van der Waals surface area contributed by atoms with Gasteiger partial charge in [0.25, 0.3) is 0 Å². The van der Waals surface area contributed by atoms with E-state index in [9.17, 15) is 18.3 Å². The standard InChI is InChI=1S/C23H27F3O/c1-16(2)18-10-9-17-7-6-8-20(19(17)15-18)22(11-4-5-12-22)14-13-21(3,27)23(24,25)26/h6-10,15,27H,1,4-5,11-14H2,2-3H3. The molecule has 1 saturated carbocycles. The lowest BCUT2D eigenvalue weighted by atomic mass is 9.71. The quantitative estimate of drug-likeness (QED) is 0.610. The van der Waals surface area contributed by atoms with Gasteiger partial charge in [-0.05, 0) is 72.9 Å². The fourth-order valence-electron chi connectivity index (χ4n) is 4.33. The molecule has 0 radical (unpaired) electrons. The van der Waals surface area contributed by atoms with Crippen LogP contribution >= 0.6 is 0 Å². The summed E-state index contributed by atoms with van der Waals surface area (Å²) in [6, 6.07) is 12.3. The van der Waals surface area contributed by atoms with Crippen molar-refractivity contribution in [3.8, 4) is 0 Å². The zero-order valence-electron chi connectivity index (χ0n) is 16.0. The summed E-state index contributed by atoms with van der Waals surface area (Å²) in [5, 5.41) is 12.1. The van der Waals surface area contributed by atoms with Crippen LogP contribution in [0.5, 0.6) is 0 Å². The Labute approximate surface area is 158 Å². The number of alkyl halides is 3. The van der Waals surface area contributed by atoms with Crippen LogP contribution in [0.3, 0.4) is 0 Å². The highest BCUT2D eigenvalue weighted by Gasteiger charge is 2.51. The van der Waals surface area contributed by atoms with Gasteiger partial charge in [0, 0.05) is 0 Å². The Morgan fingerprint density at radius 2 is 1.81 bits per heavy atom. The van der Waals surface area contributed by atoms with Crippen LogP contribution in [0.2, 0.25) is 0 Å². The molecule has 1 aliphatic rings. The Hall–Kier alpha value is -1.81. The van der Waals surface area contributed by atoms with E-state index < -0.39 is 11.8 Å². The fraction of sp³-hybridized carbons (Fsp3) is 0.478. The molecule has 0 saturated heterocycles. The van der Waals surface area contributed by atoms with Crippen molar-refractivity contribution in [2.24, 2.45) is 0 Å². The van der Waals surface area contributed by atoms with Gasteiger partial charge in [-0.3, -0.25) is 0 Å². The molecule has 1 nitrogen and oxygen atoms in total. The second-order valence-corrected chi connectivity index (χ2v) is 8.28. The third-order valence-electron chi connectivity index (χ3n) is 6.21. The maximum absolute atomic E-state index is 13.2. The van der Waals surface area contributed by atoms with Gasteiger partial charge in [0.05, 0.1) is 0 Å². The molecule has 0 heterocycles. The summed E-state index contributed by atoms with van der Waals surface area (Å²) in [5.74, 6) is 0. The van der Waals surface area contributed by atoms with Crippen molar-refractivity contribution in [1.82, 2.24) is 0 Å². The molecule has 1 unspecified atom stereocenters. The van der Waals surface area contributed by atoms with Crippen LogP contribution in [0.25, 0.3) is 16.3 Å². The minimum absolute atomic E-state index is 0.285. The molecule has 1 fully saturated rings. The van der Waals surface area contributed by atoms with Crippen molar-refractivity contribution in [3.05, 3.63) is 54.1 Å². The van der Waals surface area contributed by atoms with Gasteiger partial charge in [-0.2, -0.15) is 13.2 Å². The second-order valence-electron chi connectivity index (χ2n) is 8.28. The Bertz CT molecular complexity index is 842. The second kappa shape index (κ2) is 6.97. The van der Waals surface area contributed by atoms with Gasteiger partial charge in [0.2, 0.25) is 0 Å². The maximum Gasteiger partial charge on any atom is 0.416 e. The molecular weight excluding hydrogens is 349 g/mol. The van der Waals surface area contributed by atoms with Crippen LogP contribution in [-0.2, 0) is 5.41 Å². The maximum atomic E-state index is 13.2. The minimum Gasteiger partial charge on any atom is -0.381 e. The first-order valence-corrected chi connectivity index (χ1v) is 9.54. The average molecular weight is 376 g/mol. The molecule has 146 valence electrons. The van der Waals surface area contributed by atoms with Crippen molar-refractivity contribution < 1.29 is 18.3 Å². The van der Waals surface area contributed by atoms with Crippen molar-refractivity contribution in [2.75, 3.05) is 0 Å². The van der Waals surface area contributed by atoms with E-state index in [1.807, 2.05) is 25.1 Å². The molecular formula is C23H27F3O. The third kappa shape index (κ3) is 3.77. The van der Waals surface area contributed by atoms with Crippen molar-refractivity contribution in [2.45, 2.75) is 69.6 Å². The molecule has 0 aromatic heterocycles. The van der Waals surface area contributed by atoms with Crippen LogP contribution in [0, 0.1) is 0 Å². The van der Waals surface area contributed by atoms with Crippen LogP contribution in [0.1, 0.15) is 63.5 Å². The molecule has 1 aliphatic carbocycles. The van der Waals surface area contributed by atoms with Gasteiger partial charge >= 0.3 is 6.18 Å². The van der Waals surface area contributed by atoms with Crippen molar-refractivity contribution >= 4 is 16.3 Å². The van der Waals surface area contributed by atoms with E-state index in [4.69, 9.17) is 0 Å². The summed E-state index contributed by atoms with van der Waals surface area (Å²) in [6.07, 6.45) is -0.841. The molecule has 0 aliphatic heterocycles. The highest BCUT2D eigenvalue weighted by Crippen LogP contribution is 2.49. The number of allylic oxidation sites excluding steroid dienone is 1. The van der Waals surface area contributed by atoms with Gasteiger partial charge in [-0.15, -0.1) is 0 Å². The van der Waals surface area contributed by atoms with Gasteiger partial charge in [-0.1, -0.05) is 55.3 Å². The smallest absolute Gasteiger partial charge is 0.381 e. The molecule has 4 heteroatoms. The highest BCUT2D eigenvalue weighted by atomic mass is 19.4. The number of hydrogen-bond acceptors (Lipinski definition) is 1. The van der Waals surface area contributed by atoms with E-state index in [1.165, 1.54) is 0 Å². The average Bonchev–Trinajstić information content (AvgIpc) is 3.08. The van der Waals surface area contributed by atoms with Crippen molar-refractivity contribution in [3.63, 3.8) is 0 Å². The Balaban J connectivity index is 2.05. The number of rotatable bonds is 5.